The van der Waals surface area contributed by atoms with Gasteiger partial charge in [-0.1, -0.05) is 6.92 Å². The molecule has 0 amide bonds. The maximum Gasteiger partial charge on any atom is 0.224 e. The summed E-state index contributed by atoms with van der Waals surface area (Å²) in [7, 11) is 2.05. The van der Waals surface area contributed by atoms with E-state index in [1.165, 1.54) is 5.56 Å². The van der Waals surface area contributed by atoms with E-state index < -0.39 is 0 Å². The number of aromatic nitrogens is 3. The van der Waals surface area contributed by atoms with E-state index in [-0.39, 0.29) is 0 Å². The van der Waals surface area contributed by atoms with Crippen LogP contribution >= 0.6 is 0 Å². The zero-order valence-corrected chi connectivity index (χ0v) is 13.0. The third-order valence-corrected chi connectivity index (χ3v) is 3.51. The van der Waals surface area contributed by atoms with Gasteiger partial charge in [-0.3, -0.25) is 4.98 Å². The minimum absolute atomic E-state index is 0.377. The highest BCUT2D eigenvalue weighted by Crippen LogP contribution is 2.12. The number of pyridine rings is 1. The summed E-state index contributed by atoms with van der Waals surface area (Å²) in [6.07, 6.45) is 7.47. The number of rotatable bonds is 7. The molecule has 0 aromatic carbocycles. The van der Waals surface area contributed by atoms with Crippen LogP contribution in [0, 0.1) is 0 Å². The van der Waals surface area contributed by atoms with Crippen LogP contribution in [0.3, 0.4) is 0 Å². The van der Waals surface area contributed by atoms with Crippen molar-refractivity contribution in [3.63, 3.8) is 0 Å². The van der Waals surface area contributed by atoms with E-state index in [4.69, 9.17) is 0 Å². The molecule has 1 atom stereocenters. The average molecular weight is 285 g/mol. The van der Waals surface area contributed by atoms with Crippen LogP contribution in [0.2, 0.25) is 0 Å². The maximum absolute atomic E-state index is 4.56. The number of nitrogens with one attached hydrogen (secondary N) is 1. The molecular weight excluding hydrogens is 262 g/mol. The molecule has 0 aliphatic carbocycles. The second kappa shape index (κ2) is 7.57. The summed E-state index contributed by atoms with van der Waals surface area (Å²) >= 11 is 0. The minimum Gasteiger partial charge on any atom is -0.359 e. The first-order valence-corrected chi connectivity index (χ1v) is 7.38. The maximum atomic E-state index is 4.56. The lowest BCUT2D eigenvalue weighted by Gasteiger charge is -2.19. The van der Waals surface area contributed by atoms with Crippen LogP contribution in [0.4, 0.5) is 11.8 Å². The molecule has 1 N–H and O–H groups in total. The van der Waals surface area contributed by atoms with Gasteiger partial charge in [0.2, 0.25) is 5.95 Å². The number of nitrogens with zero attached hydrogens (tertiary/aromatic N) is 4. The molecular formula is C16H23N5. The standard InChI is InChI=1S/C16H23N5/c1-4-13(2)19-16-18-11-7-15(20-16)21(3)12-8-14-5-9-17-10-6-14/h5-7,9-11,13H,4,8,12H2,1-3H3,(H,18,19,20). The van der Waals surface area contributed by atoms with Gasteiger partial charge >= 0.3 is 0 Å². The second-order valence-electron chi connectivity index (χ2n) is 5.22. The highest BCUT2D eigenvalue weighted by molar-refractivity contribution is 5.42. The first-order valence-electron chi connectivity index (χ1n) is 7.38. The second-order valence-corrected chi connectivity index (χ2v) is 5.22. The predicted molar refractivity (Wildman–Crippen MR) is 86.6 cm³/mol. The van der Waals surface area contributed by atoms with E-state index in [9.17, 15) is 0 Å². The van der Waals surface area contributed by atoms with E-state index in [1.807, 2.05) is 30.6 Å². The summed E-state index contributed by atoms with van der Waals surface area (Å²) < 4.78 is 0. The van der Waals surface area contributed by atoms with Gasteiger partial charge in [0.05, 0.1) is 0 Å². The van der Waals surface area contributed by atoms with Crippen LogP contribution in [0.5, 0.6) is 0 Å². The number of likely N-dealkylation sites (N-methyl/N-ethyl adjacent to an activating group) is 1. The van der Waals surface area contributed by atoms with Gasteiger partial charge in [0.25, 0.3) is 0 Å². The lowest BCUT2D eigenvalue weighted by Crippen LogP contribution is -2.23. The summed E-state index contributed by atoms with van der Waals surface area (Å²) in [5.41, 5.74) is 1.28. The Hall–Kier alpha value is -2.17. The van der Waals surface area contributed by atoms with Gasteiger partial charge in [0.15, 0.2) is 0 Å². The fraction of sp³-hybridized carbons (Fsp3) is 0.438. The van der Waals surface area contributed by atoms with Crippen LogP contribution < -0.4 is 10.2 Å². The Morgan fingerprint density at radius 1 is 1.19 bits per heavy atom. The van der Waals surface area contributed by atoms with Gasteiger partial charge in [0.1, 0.15) is 5.82 Å². The molecule has 0 aliphatic heterocycles. The summed E-state index contributed by atoms with van der Waals surface area (Å²) in [5.74, 6) is 1.63. The molecule has 2 aromatic heterocycles. The van der Waals surface area contributed by atoms with Gasteiger partial charge in [0, 0.05) is 38.2 Å². The molecule has 0 saturated heterocycles. The van der Waals surface area contributed by atoms with Crippen molar-refractivity contribution >= 4 is 11.8 Å². The number of hydrogen-bond acceptors (Lipinski definition) is 5. The topological polar surface area (TPSA) is 53.9 Å². The number of anilines is 2. The Morgan fingerprint density at radius 3 is 2.67 bits per heavy atom. The molecule has 0 radical (unpaired) electrons. The van der Waals surface area contributed by atoms with Crippen molar-refractivity contribution in [3.05, 3.63) is 42.4 Å². The third kappa shape index (κ3) is 4.70. The first-order chi connectivity index (χ1) is 10.2. The monoisotopic (exact) mass is 285 g/mol. The van der Waals surface area contributed by atoms with E-state index in [1.54, 1.807) is 6.20 Å². The largest absolute Gasteiger partial charge is 0.359 e. The number of hydrogen-bond donors (Lipinski definition) is 1. The van der Waals surface area contributed by atoms with Crippen molar-refractivity contribution in [2.45, 2.75) is 32.7 Å². The smallest absolute Gasteiger partial charge is 0.224 e. The molecule has 2 rings (SSSR count). The minimum atomic E-state index is 0.377. The fourth-order valence-corrected chi connectivity index (χ4v) is 1.91. The summed E-state index contributed by atoms with van der Waals surface area (Å²) in [4.78, 5) is 15.0. The Morgan fingerprint density at radius 2 is 1.95 bits per heavy atom. The van der Waals surface area contributed by atoms with Crippen molar-refractivity contribution in [2.24, 2.45) is 0 Å². The van der Waals surface area contributed by atoms with Gasteiger partial charge in [-0.25, -0.2) is 4.98 Å². The molecule has 21 heavy (non-hydrogen) atoms. The Bertz CT molecular complexity index is 543. The predicted octanol–water partition coefficient (Wildman–Crippen LogP) is 2.76. The van der Waals surface area contributed by atoms with Gasteiger partial charge < -0.3 is 10.2 Å². The highest BCUT2D eigenvalue weighted by Gasteiger charge is 2.06. The first kappa shape index (κ1) is 15.2. The van der Waals surface area contributed by atoms with Crippen molar-refractivity contribution in [1.82, 2.24) is 15.0 Å². The Kier molecular flexibility index (Phi) is 5.49. The molecule has 0 spiro atoms. The quantitative estimate of drug-likeness (QED) is 0.847. The molecule has 5 heteroatoms. The SMILES string of the molecule is CCC(C)Nc1nccc(N(C)CCc2ccncc2)n1. The van der Waals surface area contributed by atoms with Crippen molar-refractivity contribution in [2.75, 3.05) is 23.8 Å². The molecule has 0 saturated carbocycles. The molecule has 0 bridgehead atoms. The Balaban J connectivity index is 1.95. The molecule has 1 unspecified atom stereocenters. The summed E-state index contributed by atoms with van der Waals surface area (Å²) in [6, 6.07) is 6.41. The summed E-state index contributed by atoms with van der Waals surface area (Å²) in [6.45, 7) is 5.18. The van der Waals surface area contributed by atoms with Gasteiger partial charge in [-0.05, 0) is 43.5 Å². The van der Waals surface area contributed by atoms with E-state index >= 15 is 0 Å². The van der Waals surface area contributed by atoms with Gasteiger partial charge in [-0.15, -0.1) is 0 Å². The summed E-state index contributed by atoms with van der Waals surface area (Å²) in [5, 5.41) is 3.30. The zero-order chi connectivity index (χ0) is 15.1. The lowest BCUT2D eigenvalue weighted by atomic mass is 10.2. The normalized spacial score (nSPS) is 12.0. The molecule has 2 aromatic rings. The zero-order valence-electron chi connectivity index (χ0n) is 13.0. The highest BCUT2D eigenvalue weighted by atomic mass is 15.2. The van der Waals surface area contributed by atoms with Crippen LogP contribution in [0.25, 0.3) is 0 Å². The van der Waals surface area contributed by atoms with Crippen LogP contribution in [0.15, 0.2) is 36.8 Å². The van der Waals surface area contributed by atoms with Crippen LogP contribution in [-0.4, -0.2) is 34.6 Å². The third-order valence-electron chi connectivity index (χ3n) is 3.51. The van der Waals surface area contributed by atoms with Crippen molar-refractivity contribution in [1.29, 1.82) is 0 Å². The van der Waals surface area contributed by atoms with Crippen molar-refractivity contribution in [3.8, 4) is 0 Å². The molecule has 112 valence electrons. The molecule has 0 fully saturated rings. The van der Waals surface area contributed by atoms with E-state index in [0.717, 1.165) is 25.2 Å². The Labute approximate surface area is 126 Å². The lowest BCUT2D eigenvalue weighted by molar-refractivity contribution is 0.751. The van der Waals surface area contributed by atoms with Crippen LogP contribution in [-0.2, 0) is 6.42 Å². The van der Waals surface area contributed by atoms with Crippen molar-refractivity contribution < 1.29 is 0 Å². The molecule has 0 aliphatic rings. The molecule has 5 nitrogen and oxygen atoms in total. The average Bonchev–Trinajstić information content (AvgIpc) is 2.53. The molecule has 2 heterocycles. The van der Waals surface area contributed by atoms with Gasteiger partial charge in [-0.2, -0.15) is 4.98 Å². The van der Waals surface area contributed by atoms with E-state index in [0.29, 0.717) is 12.0 Å². The van der Waals surface area contributed by atoms with Crippen LogP contribution in [0.1, 0.15) is 25.8 Å². The fourth-order valence-electron chi connectivity index (χ4n) is 1.91. The van der Waals surface area contributed by atoms with E-state index in [2.05, 4.69) is 46.1 Å².